The number of benzene rings is 1. The summed E-state index contributed by atoms with van der Waals surface area (Å²) in [5.41, 5.74) is 2.11. The van der Waals surface area contributed by atoms with E-state index in [1.807, 2.05) is 24.3 Å². The zero-order valence-corrected chi connectivity index (χ0v) is 13.8. The second-order valence-corrected chi connectivity index (χ2v) is 7.34. The van der Waals surface area contributed by atoms with E-state index in [9.17, 15) is 0 Å². The maximum Gasteiger partial charge on any atom is 0.159 e. The molecule has 0 spiro atoms. The van der Waals surface area contributed by atoms with Gasteiger partial charge in [0.25, 0.3) is 0 Å². The molecule has 0 aliphatic carbocycles. The quantitative estimate of drug-likeness (QED) is 0.691. The van der Waals surface area contributed by atoms with Crippen LogP contribution in [0.25, 0.3) is 10.8 Å². The van der Waals surface area contributed by atoms with E-state index >= 15 is 0 Å². The highest BCUT2D eigenvalue weighted by atomic mass is 35.5. The summed E-state index contributed by atoms with van der Waals surface area (Å²) in [4.78, 5) is 4.72. The average molecular weight is 318 g/mol. The molecule has 0 aliphatic heterocycles. The van der Waals surface area contributed by atoms with Crippen molar-refractivity contribution in [3.05, 3.63) is 51.2 Å². The zero-order valence-electron chi connectivity index (χ0n) is 12.2. The summed E-state index contributed by atoms with van der Waals surface area (Å²) in [7, 11) is 0. The normalized spacial score (nSPS) is 12.0. The number of halogens is 1. The molecular weight excluding hydrogens is 302 g/mol. The average Bonchev–Trinajstić information content (AvgIpc) is 2.91. The van der Waals surface area contributed by atoms with Crippen molar-refractivity contribution in [3.8, 4) is 0 Å². The van der Waals surface area contributed by atoms with Crippen LogP contribution in [0.3, 0.4) is 0 Å². The number of rotatable bonds is 2. The Morgan fingerprint density at radius 2 is 1.81 bits per heavy atom. The third-order valence-electron chi connectivity index (χ3n) is 3.36. The molecule has 0 radical (unpaired) electrons. The molecule has 3 nitrogen and oxygen atoms in total. The van der Waals surface area contributed by atoms with Gasteiger partial charge in [0.2, 0.25) is 0 Å². The van der Waals surface area contributed by atoms with Gasteiger partial charge in [0.15, 0.2) is 5.15 Å². The van der Waals surface area contributed by atoms with Crippen molar-refractivity contribution >= 4 is 33.7 Å². The highest BCUT2D eigenvalue weighted by Crippen LogP contribution is 2.27. The minimum atomic E-state index is 0.0719. The van der Waals surface area contributed by atoms with E-state index in [2.05, 4.69) is 36.3 Å². The van der Waals surface area contributed by atoms with Gasteiger partial charge in [0, 0.05) is 28.0 Å². The summed E-state index contributed by atoms with van der Waals surface area (Å²) in [5.74, 6) is 0. The van der Waals surface area contributed by atoms with E-state index in [0.717, 1.165) is 27.2 Å². The van der Waals surface area contributed by atoms with E-state index in [0.29, 0.717) is 11.6 Å². The molecule has 0 amide bonds. The molecule has 0 N–H and O–H groups in total. The van der Waals surface area contributed by atoms with Gasteiger partial charge in [-0.2, -0.15) is 5.10 Å². The Kier molecular flexibility index (Phi) is 3.68. The monoisotopic (exact) mass is 317 g/mol. The lowest BCUT2D eigenvalue weighted by Crippen LogP contribution is -2.11. The van der Waals surface area contributed by atoms with Crippen LogP contribution in [-0.2, 0) is 11.8 Å². The van der Waals surface area contributed by atoms with Crippen molar-refractivity contribution in [3.63, 3.8) is 0 Å². The zero-order chi connectivity index (χ0) is 15.0. The van der Waals surface area contributed by atoms with Crippen LogP contribution in [0.15, 0.2) is 29.6 Å². The maximum atomic E-state index is 6.11. The van der Waals surface area contributed by atoms with Gasteiger partial charge in [-0.25, -0.2) is 4.98 Å². The smallest absolute Gasteiger partial charge is 0.159 e. The first-order valence-electron chi connectivity index (χ1n) is 6.80. The fourth-order valence-corrected chi connectivity index (χ4v) is 3.36. The summed E-state index contributed by atoms with van der Waals surface area (Å²) >= 11 is 7.78. The SMILES string of the molecule is CC(C)(C)c1csc(Cc2nnc(Cl)c3ccccc23)n1. The third kappa shape index (κ3) is 2.92. The molecule has 5 heteroatoms. The molecule has 0 saturated heterocycles. The van der Waals surface area contributed by atoms with Crippen molar-refractivity contribution in [1.29, 1.82) is 0 Å². The first kappa shape index (κ1) is 14.4. The second kappa shape index (κ2) is 5.35. The number of hydrogen-bond donors (Lipinski definition) is 0. The number of fused-ring (bicyclic) bond motifs is 1. The van der Waals surface area contributed by atoms with Crippen LogP contribution >= 0.6 is 22.9 Å². The fourth-order valence-electron chi connectivity index (χ4n) is 2.14. The largest absolute Gasteiger partial charge is 0.245 e. The predicted molar refractivity (Wildman–Crippen MR) is 88.2 cm³/mol. The van der Waals surface area contributed by atoms with E-state index in [4.69, 9.17) is 16.6 Å². The van der Waals surface area contributed by atoms with Gasteiger partial charge in [-0.05, 0) is 0 Å². The Labute approximate surface area is 133 Å². The van der Waals surface area contributed by atoms with Gasteiger partial charge >= 0.3 is 0 Å². The Hall–Kier alpha value is -1.52. The summed E-state index contributed by atoms with van der Waals surface area (Å²) in [5, 5.41) is 13.9. The molecule has 21 heavy (non-hydrogen) atoms. The first-order valence-corrected chi connectivity index (χ1v) is 8.05. The maximum absolute atomic E-state index is 6.11. The van der Waals surface area contributed by atoms with Gasteiger partial charge in [-0.15, -0.1) is 16.4 Å². The summed E-state index contributed by atoms with van der Waals surface area (Å²) in [6, 6.07) is 7.95. The lowest BCUT2D eigenvalue weighted by atomic mass is 9.93. The molecule has 2 heterocycles. The second-order valence-electron chi connectivity index (χ2n) is 6.04. The van der Waals surface area contributed by atoms with Crippen molar-refractivity contribution in [2.24, 2.45) is 0 Å². The van der Waals surface area contributed by atoms with Crippen LogP contribution in [0.4, 0.5) is 0 Å². The third-order valence-corrected chi connectivity index (χ3v) is 4.49. The molecule has 0 fully saturated rings. The summed E-state index contributed by atoms with van der Waals surface area (Å²) in [6.07, 6.45) is 0.686. The lowest BCUT2D eigenvalue weighted by molar-refractivity contribution is 0.571. The van der Waals surface area contributed by atoms with E-state index < -0.39 is 0 Å². The lowest BCUT2D eigenvalue weighted by Gasteiger charge is -2.14. The van der Waals surface area contributed by atoms with Crippen LogP contribution in [0.5, 0.6) is 0 Å². The highest BCUT2D eigenvalue weighted by molar-refractivity contribution is 7.09. The number of aromatic nitrogens is 3. The van der Waals surface area contributed by atoms with Gasteiger partial charge in [-0.1, -0.05) is 56.6 Å². The van der Waals surface area contributed by atoms with E-state index in [-0.39, 0.29) is 5.41 Å². The van der Waals surface area contributed by atoms with Gasteiger partial charge in [0.05, 0.1) is 16.4 Å². The molecule has 3 rings (SSSR count). The van der Waals surface area contributed by atoms with Crippen molar-refractivity contribution in [2.75, 3.05) is 0 Å². The molecule has 0 bridgehead atoms. The van der Waals surface area contributed by atoms with Crippen LogP contribution < -0.4 is 0 Å². The molecule has 2 aromatic heterocycles. The summed E-state index contributed by atoms with van der Waals surface area (Å²) in [6.45, 7) is 6.51. The Bertz CT molecular complexity index is 790. The molecule has 0 unspecified atom stereocenters. The van der Waals surface area contributed by atoms with Gasteiger partial charge < -0.3 is 0 Å². The number of nitrogens with zero attached hydrogens (tertiary/aromatic N) is 3. The summed E-state index contributed by atoms with van der Waals surface area (Å²) < 4.78 is 0. The van der Waals surface area contributed by atoms with Crippen molar-refractivity contribution in [1.82, 2.24) is 15.2 Å². The van der Waals surface area contributed by atoms with Crippen molar-refractivity contribution in [2.45, 2.75) is 32.6 Å². The van der Waals surface area contributed by atoms with E-state index in [1.54, 1.807) is 11.3 Å². The van der Waals surface area contributed by atoms with Crippen LogP contribution in [0.2, 0.25) is 5.15 Å². The molecule has 3 aromatic rings. The Morgan fingerprint density at radius 3 is 2.48 bits per heavy atom. The van der Waals surface area contributed by atoms with Crippen LogP contribution in [-0.4, -0.2) is 15.2 Å². The Morgan fingerprint density at radius 1 is 1.10 bits per heavy atom. The molecule has 0 aliphatic rings. The molecule has 1 aromatic carbocycles. The van der Waals surface area contributed by atoms with Crippen molar-refractivity contribution < 1.29 is 0 Å². The Balaban J connectivity index is 1.99. The number of hydrogen-bond acceptors (Lipinski definition) is 4. The van der Waals surface area contributed by atoms with Gasteiger partial charge in [0.1, 0.15) is 0 Å². The minimum absolute atomic E-state index is 0.0719. The molecule has 0 atom stereocenters. The predicted octanol–water partition coefficient (Wildman–Crippen LogP) is 4.63. The standard InChI is InChI=1S/C16H16ClN3S/c1-16(2,3)13-9-21-14(18-13)8-12-10-6-4-5-7-11(10)15(17)20-19-12/h4-7,9H,8H2,1-3H3. The van der Waals surface area contributed by atoms with Gasteiger partial charge in [-0.3, -0.25) is 0 Å². The minimum Gasteiger partial charge on any atom is -0.245 e. The van der Waals surface area contributed by atoms with E-state index in [1.165, 1.54) is 0 Å². The first-order chi connectivity index (χ1) is 9.95. The topological polar surface area (TPSA) is 38.7 Å². The number of thiazole rings is 1. The highest BCUT2D eigenvalue weighted by Gasteiger charge is 2.18. The molecule has 0 saturated carbocycles. The molecular formula is C16H16ClN3S. The van der Waals surface area contributed by atoms with Crippen LogP contribution in [0.1, 0.15) is 37.2 Å². The fraction of sp³-hybridized carbons (Fsp3) is 0.312. The molecule has 108 valence electrons. The van der Waals surface area contributed by atoms with Crippen LogP contribution in [0, 0.1) is 0 Å².